The van der Waals surface area contributed by atoms with Crippen LogP contribution in [0, 0.1) is 0 Å². The van der Waals surface area contributed by atoms with E-state index >= 15 is 0 Å². The molecule has 1 aromatic rings. The van der Waals surface area contributed by atoms with Crippen LogP contribution in [0.2, 0.25) is 0 Å². The molecule has 0 radical (unpaired) electrons. The normalized spacial score (nSPS) is 31.4. The van der Waals surface area contributed by atoms with E-state index in [9.17, 15) is 9.59 Å². The van der Waals surface area contributed by atoms with Gasteiger partial charge in [-0.1, -0.05) is 6.08 Å². The Bertz CT molecular complexity index is 818. The number of methoxy groups -OCH3 is 1. The first-order valence-electron chi connectivity index (χ1n) is 8.24. The first-order chi connectivity index (χ1) is 12.1. The van der Waals surface area contributed by atoms with Crippen molar-refractivity contribution in [2.75, 3.05) is 20.4 Å². The number of ketones is 1. The van der Waals surface area contributed by atoms with E-state index in [1.807, 2.05) is 18.2 Å². The van der Waals surface area contributed by atoms with Crippen LogP contribution in [-0.4, -0.2) is 49.4 Å². The molecule has 5 rings (SSSR count). The van der Waals surface area contributed by atoms with Gasteiger partial charge in [0.15, 0.2) is 17.3 Å². The number of fused-ring (bicyclic) bond motifs is 2. The number of hydrogen-bond donors (Lipinski definition) is 0. The second-order valence-electron chi connectivity index (χ2n) is 6.74. The Morgan fingerprint density at radius 1 is 1.32 bits per heavy atom. The summed E-state index contributed by atoms with van der Waals surface area (Å²) < 4.78 is 22.1. The zero-order chi connectivity index (χ0) is 17.2. The Morgan fingerprint density at radius 2 is 2.12 bits per heavy atom. The smallest absolute Gasteiger partial charge is 0.409 e. The lowest BCUT2D eigenvalue weighted by molar-refractivity contribution is -0.116. The number of allylic oxidation sites excluding steroid dienone is 1. The molecule has 0 N–H and O–H groups in total. The highest BCUT2D eigenvalue weighted by molar-refractivity contribution is 5.93. The molecule has 1 aromatic carbocycles. The van der Waals surface area contributed by atoms with E-state index in [1.54, 1.807) is 11.0 Å². The summed E-state index contributed by atoms with van der Waals surface area (Å²) in [4.78, 5) is 26.0. The standard InChI is InChI=1S/C18H17NO6/c1-22-17(21)19-7-16-18(3-2-11(20)5-15(18)19)12-6-14-13(24-9-25-14)4-10(12)8-23-16/h2-4,6,15-16H,5,7-9H2,1H3/t15-,16+,18-/m0/s1. The van der Waals surface area contributed by atoms with Gasteiger partial charge in [0.25, 0.3) is 0 Å². The van der Waals surface area contributed by atoms with Crippen LogP contribution >= 0.6 is 0 Å². The number of ether oxygens (including phenoxy) is 4. The molecule has 1 aliphatic carbocycles. The lowest BCUT2D eigenvalue weighted by atomic mass is 9.66. The van der Waals surface area contributed by atoms with Crippen molar-refractivity contribution in [1.29, 1.82) is 0 Å². The number of likely N-dealkylation sites (tertiary alicyclic amines) is 1. The van der Waals surface area contributed by atoms with E-state index < -0.39 is 11.5 Å². The van der Waals surface area contributed by atoms with Crippen LogP contribution in [0.4, 0.5) is 4.79 Å². The molecule has 1 saturated heterocycles. The zero-order valence-electron chi connectivity index (χ0n) is 13.7. The van der Waals surface area contributed by atoms with Crippen LogP contribution in [0.3, 0.4) is 0 Å². The second-order valence-corrected chi connectivity index (χ2v) is 6.74. The SMILES string of the molecule is COC(=O)N1C[C@H]2OCc3cc4c(cc3[C@]23C=CC(=O)C[C@H]13)OCO4. The van der Waals surface area contributed by atoms with Gasteiger partial charge < -0.3 is 23.8 Å². The molecular formula is C18H17NO6. The van der Waals surface area contributed by atoms with Crippen molar-refractivity contribution < 1.29 is 28.5 Å². The van der Waals surface area contributed by atoms with Crippen LogP contribution in [0.15, 0.2) is 24.3 Å². The monoisotopic (exact) mass is 343 g/mol. The third-order valence-electron chi connectivity index (χ3n) is 5.68. The van der Waals surface area contributed by atoms with E-state index in [4.69, 9.17) is 18.9 Å². The number of carbonyl (C=O) groups is 2. The number of benzene rings is 1. The average Bonchev–Trinajstić information content (AvgIpc) is 3.21. The summed E-state index contributed by atoms with van der Waals surface area (Å²) >= 11 is 0. The maximum absolute atomic E-state index is 12.3. The summed E-state index contributed by atoms with van der Waals surface area (Å²) in [6.07, 6.45) is 3.09. The molecule has 0 unspecified atom stereocenters. The van der Waals surface area contributed by atoms with E-state index in [1.165, 1.54) is 7.11 Å². The van der Waals surface area contributed by atoms with Crippen LogP contribution in [0.25, 0.3) is 0 Å². The van der Waals surface area contributed by atoms with E-state index in [2.05, 4.69) is 0 Å². The highest BCUT2D eigenvalue weighted by atomic mass is 16.7. The molecule has 7 nitrogen and oxygen atoms in total. The van der Waals surface area contributed by atoms with Gasteiger partial charge in [0.1, 0.15) is 0 Å². The number of amides is 1. The van der Waals surface area contributed by atoms with Crippen molar-refractivity contribution in [2.45, 2.75) is 30.6 Å². The predicted molar refractivity (Wildman–Crippen MR) is 84.5 cm³/mol. The molecule has 3 atom stereocenters. The van der Waals surface area contributed by atoms with Crippen LogP contribution < -0.4 is 9.47 Å². The van der Waals surface area contributed by atoms with Crippen molar-refractivity contribution in [2.24, 2.45) is 0 Å². The fourth-order valence-electron chi connectivity index (χ4n) is 4.57. The molecule has 4 aliphatic rings. The Morgan fingerprint density at radius 3 is 2.92 bits per heavy atom. The molecule has 0 bridgehead atoms. The Kier molecular flexibility index (Phi) is 2.94. The largest absolute Gasteiger partial charge is 0.454 e. The first kappa shape index (κ1) is 14.8. The van der Waals surface area contributed by atoms with Gasteiger partial charge in [0, 0.05) is 6.42 Å². The number of hydrogen-bond acceptors (Lipinski definition) is 6. The van der Waals surface area contributed by atoms with Gasteiger partial charge in [0.05, 0.1) is 37.8 Å². The van der Waals surface area contributed by atoms with Gasteiger partial charge in [0.2, 0.25) is 6.79 Å². The minimum atomic E-state index is -0.573. The third-order valence-corrected chi connectivity index (χ3v) is 5.68. The van der Waals surface area contributed by atoms with E-state index in [0.717, 1.165) is 11.1 Å². The van der Waals surface area contributed by atoms with Crippen molar-refractivity contribution in [3.05, 3.63) is 35.4 Å². The minimum Gasteiger partial charge on any atom is -0.454 e. The molecule has 25 heavy (non-hydrogen) atoms. The summed E-state index contributed by atoms with van der Waals surface area (Å²) in [6.45, 7) is 1.02. The van der Waals surface area contributed by atoms with Gasteiger partial charge in [-0.2, -0.15) is 0 Å². The number of rotatable bonds is 0. The molecular weight excluding hydrogens is 326 g/mol. The van der Waals surface area contributed by atoms with Gasteiger partial charge in [-0.3, -0.25) is 4.79 Å². The first-order valence-corrected chi connectivity index (χ1v) is 8.24. The topological polar surface area (TPSA) is 74.3 Å². The van der Waals surface area contributed by atoms with Crippen molar-refractivity contribution in [3.8, 4) is 11.5 Å². The average molecular weight is 343 g/mol. The third kappa shape index (κ3) is 1.84. The minimum absolute atomic E-state index is 0.00181. The molecule has 3 aliphatic heterocycles. The fraction of sp³-hybridized carbons (Fsp3) is 0.444. The maximum Gasteiger partial charge on any atom is 0.409 e. The molecule has 1 spiro atoms. The second kappa shape index (κ2) is 4.98. The molecule has 3 heterocycles. The quantitative estimate of drug-likeness (QED) is 0.711. The van der Waals surface area contributed by atoms with E-state index in [0.29, 0.717) is 24.7 Å². The number of nitrogens with zero attached hydrogens (tertiary/aromatic N) is 1. The predicted octanol–water partition coefficient (Wildman–Crippen LogP) is 1.53. The Labute approximate surface area is 144 Å². The molecule has 1 amide bonds. The molecule has 0 saturated carbocycles. The fourth-order valence-corrected chi connectivity index (χ4v) is 4.57. The summed E-state index contributed by atoms with van der Waals surface area (Å²) in [5.41, 5.74) is 1.46. The van der Waals surface area contributed by atoms with Gasteiger partial charge >= 0.3 is 6.09 Å². The summed E-state index contributed by atoms with van der Waals surface area (Å²) in [5, 5.41) is 0. The van der Waals surface area contributed by atoms with Gasteiger partial charge in [-0.25, -0.2) is 4.79 Å². The van der Waals surface area contributed by atoms with Gasteiger partial charge in [-0.15, -0.1) is 0 Å². The number of carbonyl (C=O) groups excluding carboxylic acids is 2. The molecule has 130 valence electrons. The lowest BCUT2D eigenvalue weighted by Crippen LogP contribution is -2.51. The zero-order valence-corrected chi connectivity index (χ0v) is 13.7. The summed E-state index contributed by atoms with van der Waals surface area (Å²) in [7, 11) is 1.35. The highest BCUT2D eigenvalue weighted by Gasteiger charge is 2.60. The van der Waals surface area contributed by atoms with Crippen LogP contribution in [0.1, 0.15) is 17.5 Å². The Balaban J connectivity index is 1.71. The van der Waals surface area contributed by atoms with E-state index in [-0.39, 0.29) is 31.1 Å². The lowest BCUT2D eigenvalue weighted by Gasteiger charge is -2.43. The Hall–Kier alpha value is -2.54. The van der Waals surface area contributed by atoms with Crippen molar-refractivity contribution >= 4 is 11.9 Å². The van der Waals surface area contributed by atoms with Crippen LogP contribution in [0.5, 0.6) is 11.5 Å². The highest BCUT2D eigenvalue weighted by Crippen LogP contribution is 2.52. The molecule has 0 aromatic heterocycles. The van der Waals surface area contributed by atoms with Crippen molar-refractivity contribution in [1.82, 2.24) is 4.90 Å². The van der Waals surface area contributed by atoms with Gasteiger partial charge in [-0.05, 0) is 29.3 Å². The molecule has 1 fully saturated rings. The van der Waals surface area contributed by atoms with Crippen LogP contribution in [-0.2, 0) is 26.3 Å². The molecule has 7 heteroatoms. The maximum atomic E-state index is 12.3. The van der Waals surface area contributed by atoms with Crippen molar-refractivity contribution in [3.63, 3.8) is 0 Å². The summed E-state index contributed by atoms with van der Waals surface area (Å²) in [5.74, 6) is 1.39. The summed E-state index contributed by atoms with van der Waals surface area (Å²) in [6, 6.07) is 3.58.